The molecule has 1 aromatic heterocycles. The van der Waals surface area contributed by atoms with E-state index >= 15 is 0 Å². The standard InChI is InChI=1S/C19H17N5O2/c1-26-18-9-5-3-7-16(18)22-19(25)23-21-12-14-13-24(11-10-20)17-8-4-2-6-15(14)17/h2-9,12-13H,11H2,1H3,(H2,22,23,25)/b21-12+. The van der Waals surface area contributed by atoms with Gasteiger partial charge in [-0.25, -0.2) is 10.2 Å². The van der Waals surface area contributed by atoms with Crippen molar-refractivity contribution in [2.75, 3.05) is 12.4 Å². The minimum Gasteiger partial charge on any atom is -0.495 e. The van der Waals surface area contributed by atoms with Crippen LogP contribution in [-0.2, 0) is 6.54 Å². The molecule has 2 aromatic carbocycles. The third kappa shape index (κ3) is 3.65. The number of nitriles is 1. The zero-order chi connectivity index (χ0) is 18.4. The van der Waals surface area contributed by atoms with Gasteiger partial charge < -0.3 is 14.6 Å². The monoisotopic (exact) mass is 347 g/mol. The molecule has 0 aliphatic heterocycles. The highest BCUT2D eigenvalue weighted by molar-refractivity contribution is 6.00. The van der Waals surface area contributed by atoms with Gasteiger partial charge in [-0.2, -0.15) is 10.4 Å². The summed E-state index contributed by atoms with van der Waals surface area (Å²) >= 11 is 0. The number of amides is 2. The molecule has 0 unspecified atom stereocenters. The molecule has 0 saturated heterocycles. The Labute approximate surface area is 150 Å². The van der Waals surface area contributed by atoms with Crippen LogP contribution in [0.2, 0.25) is 0 Å². The Morgan fingerprint density at radius 3 is 2.85 bits per heavy atom. The van der Waals surface area contributed by atoms with Crippen molar-refractivity contribution in [3.8, 4) is 11.8 Å². The summed E-state index contributed by atoms with van der Waals surface area (Å²) in [5, 5.41) is 16.6. The fraction of sp³-hybridized carbons (Fsp3) is 0.105. The van der Waals surface area contributed by atoms with Gasteiger partial charge in [-0.15, -0.1) is 0 Å². The Morgan fingerprint density at radius 1 is 1.27 bits per heavy atom. The van der Waals surface area contributed by atoms with Crippen LogP contribution >= 0.6 is 0 Å². The molecule has 1 heterocycles. The van der Waals surface area contributed by atoms with Crippen molar-refractivity contribution in [1.82, 2.24) is 9.99 Å². The zero-order valence-electron chi connectivity index (χ0n) is 14.1. The number of para-hydroxylation sites is 3. The summed E-state index contributed by atoms with van der Waals surface area (Å²) in [4.78, 5) is 12.0. The number of carbonyl (C=O) groups excluding carboxylic acids is 1. The highest BCUT2D eigenvalue weighted by Crippen LogP contribution is 2.23. The number of ether oxygens (including phenoxy) is 1. The van der Waals surface area contributed by atoms with Crippen LogP contribution in [0.1, 0.15) is 5.56 Å². The maximum absolute atomic E-state index is 12.0. The molecule has 3 rings (SSSR count). The number of nitrogens with one attached hydrogen (secondary N) is 2. The molecular formula is C19H17N5O2. The van der Waals surface area contributed by atoms with E-state index < -0.39 is 6.03 Å². The van der Waals surface area contributed by atoms with Crippen molar-refractivity contribution in [3.63, 3.8) is 0 Å². The molecule has 7 nitrogen and oxygen atoms in total. The molecule has 26 heavy (non-hydrogen) atoms. The van der Waals surface area contributed by atoms with Crippen LogP contribution in [0.15, 0.2) is 59.8 Å². The highest BCUT2D eigenvalue weighted by Gasteiger charge is 2.07. The lowest BCUT2D eigenvalue weighted by Gasteiger charge is -2.08. The van der Waals surface area contributed by atoms with E-state index in [0.29, 0.717) is 11.4 Å². The number of benzene rings is 2. The number of urea groups is 1. The van der Waals surface area contributed by atoms with Crippen molar-refractivity contribution >= 4 is 28.8 Å². The van der Waals surface area contributed by atoms with Gasteiger partial charge in [0, 0.05) is 22.7 Å². The Balaban J connectivity index is 1.72. The Bertz CT molecular complexity index is 1000. The molecule has 0 spiro atoms. The maximum Gasteiger partial charge on any atom is 0.339 e. The van der Waals surface area contributed by atoms with Gasteiger partial charge in [-0.05, 0) is 18.2 Å². The Morgan fingerprint density at radius 2 is 2.04 bits per heavy atom. The van der Waals surface area contributed by atoms with E-state index in [0.717, 1.165) is 16.5 Å². The van der Waals surface area contributed by atoms with E-state index in [4.69, 9.17) is 10.00 Å². The highest BCUT2D eigenvalue weighted by atomic mass is 16.5. The van der Waals surface area contributed by atoms with Crippen molar-refractivity contribution < 1.29 is 9.53 Å². The molecule has 0 aliphatic carbocycles. The van der Waals surface area contributed by atoms with Crippen molar-refractivity contribution in [3.05, 3.63) is 60.3 Å². The van der Waals surface area contributed by atoms with Crippen LogP contribution < -0.4 is 15.5 Å². The van der Waals surface area contributed by atoms with Crippen LogP contribution in [0.4, 0.5) is 10.5 Å². The number of rotatable bonds is 5. The van der Waals surface area contributed by atoms with Crippen LogP contribution in [0, 0.1) is 11.3 Å². The number of hydrogen-bond donors (Lipinski definition) is 2. The van der Waals surface area contributed by atoms with Crippen molar-refractivity contribution in [2.24, 2.45) is 5.10 Å². The second-order valence-electron chi connectivity index (χ2n) is 5.41. The summed E-state index contributed by atoms with van der Waals surface area (Å²) in [6.45, 7) is 0.246. The number of hydrogen-bond acceptors (Lipinski definition) is 4. The normalized spacial score (nSPS) is 10.6. The average molecular weight is 347 g/mol. The number of fused-ring (bicyclic) bond motifs is 1. The zero-order valence-corrected chi connectivity index (χ0v) is 14.1. The lowest BCUT2D eigenvalue weighted by atomic mass is 10.2. The molecule has 0 bridgehead atoms. The van der Waals surface area contributed by atoms with Gasteiger partial charge >= 0.3 is 6.03 Å². The number of methoxy groups -OCH3 is 1. The second kappa shape index (κ2) is 7.85. The van der Waals surface area contributed by atoms with Gasteiger partial charge in [0.15, 0.2) is 0 Å². The summed E-state index contributed by atoms with van der Waals surface area (Å²) in [5.41, 5.74) is 4.73. The number of hydrazone groups is 1. The van der Waals surface area contributed by atoms with Crippen LogP contribution in [0.5, 0.6) is 5.75 Å². The minimum absolute atomic E-state index is 0.246. The number of carbonyl (C=O) groups is 1. The van der Waals surface area contributed by atoms with E-state index in [1.807, 2.05) is 41.1 Å². The first kappa shape index (κ1) is 17.0. The topological polar surface area (TPSA) is 91.4 Å². The molecule has 0 atom stereocenters. The summed E-state index contributed by atoms with van der Waals surface area (Å²) in [5.74, 6) is 0.561. The van der Waals surface area contributed by atoms with Gasteiger partial charge in [0.05, 0.1) is 25.1 Å². The predicted molar refractivity (Wildman–Crippen MR) is 100 cm³/mol. The molecule has 3 aromatic rings. The summed E-state index contributed by atoms with van der Waals surface area (Å²) in [7, 11) is 1.54. The molecule has 0 fully saturated rings. The van der Waals surface area contributed by atoms with E-state index in [9.17, 15) is 4.79 Å². The maximum atomic E-state index is 12.0. The quantitative estimate of drug-likeness (QED) is 0.548. The predicted octanol–water partition coefficient (Wildman–Crippen LogP) is 3.33. The van der Waals surface area contributed by atoms with Gasteiger partial charge in [0.25, 0.3) is 0 Å². The van der Waals surface area contributed by atoms with Gasteiger partial charge in [-0.3, -0.25) is 0 Å². The SMILES string of the molecule is COc1ccccc1NC(=O)N/N=C/c1cn(CC#N)c2ccccc12. The first-order chi connectivity index (χ1) is 12.7. The Kier molecular flexibility index (Phi) is 5.15. The lowest BCUT2D eigenvalue weighted by Crippen LogP contribution is -2.24. The number of aromatic nitrogens is 1. The summed E-state index contributed by atoms with van der Waals surface area (Å²) in [6.07, 6.45) is 3.38. The molecule has 0 aliphatic rings. The van der Waals surface area contributed by atoms with Gasteiger partial charge in [-0.1, -0.05) is 30.3 Å². The Hall–Kier alpha value is -3.79. The second-order valence-corrected chi connectivity index (χ2v) is 5.41. The van der Waals surface area contributed by atoms with Gasteiger partial charge in [0.2, 0.25) is 0 Å². The molecule has 0 saturated carbocycles. The van der Waals surface area contributed by atoms with Crippen LogP contribution in [0.3, 0.4) is 0 Å². The average Bonchev–Trinajstić information content (AvgIpc) is 3.00. The van der Waals surface area contributed by atoms with Gasteiger partial charge in [0.1, 0.15) is 12.3 Å². The first-order valence-corrected chi connectivity index (χ1v) is 7.91. The van der Waals surface area contributed by atoms with E-state index in [1.54, 1.807) is 24.4 Å². The molecule has 2 N–H and O–H groups in total. The fourth-order valence-corrected chi connectivity index (χ4v) is 2.64. The third-order valence-electron chi connectivity index (χ3n) is 3.79. The molecule has 0 radical (unpaired) electrons. The molecule has 130 valence electrons. The molecular weight excluding hydrogens is 330 g/mol. The molecule has 7 heteroatoms. The first-order valence-electron chi connectivity index (χ1n) is 7.91. The fourth-order valence-electron chi connectivity index (χ4n) is 2.64. The van der Waals surface area contributed by atoms with E-state index in [2.05, 4.69) is 21.9 Å². The smallest absolute Gasteiger partial charge is 0.339 e. The largest absolute Gasteiger partial charge is 0.495 e. The summed E-state index contributed by atoms with van der Waals surface area (Å²) in [6, 6.07) is 16.5. The van der Waals surface area contributed by atoms with E-state index in [-0.39, 0.29) is 6.54 Å². The van der Waals surface area contributed by atoms with Crippen molar-refractivity contribution in [2.45, 2.75) is 6.54 Å². The summed E-state index contributed by atoms with van der Waals surface area (Å²) < 4.78 is 7.02. The number of nitrogens with zero attached hydrogens (tertiary/aromatic N) is 3. The van der Waals surface area contributed by atoms with Crippen LogP contribution in [0.25, 0.3) is 10.9 Å². The van der Waals surface area contributed by atoms with Crippen molar-refractivity contribution in [1.29, 1.82) is 5.26 Å². The minimum atomic E-state index is -0.480. The third-order valence-corrected chi connectivity index (χ3v) is 3.79. The molecule has 2 amide bonds. The van der Waals surface area contributed by atoms with E-state index in [1.165, 1.54) is 7.11 Å². The van der Waals surface area contributed by atoms with Crippen LogP contribution in [-0.4, -0.2) is 23.9 Å². The lowest BCUT2D eigenvalue weighted by molar-refractivity contribution is 0.252. The number of anilines is 1.